The second-order valence-electron chi connectivity index (χ2n) is 4.30. The summed E-state index contributed by atoms with van der Waals surface area (Å²) in [7, 11) is 0. The Labute approximate surface area is 90.0 Å². The average Bonchev–Trinajstić information content (AvgIpc) is 2.15. The van der Waals surface area contributed by atoms with Crippen LogP contribution in [0.1, 0.15) is 20.8 Å². The fourth-order valence-electron chi connectivity index (χ4n) is 1.86. The minimum atomic E-state index is -0.544. The maximum atomic E-state index is 11.8. The maximum absolute atomic E-state index is 11.8. The molecule has 0 saturated carbocycles. The van der Waals surface area contributed by atoms with Crippen LogP contribution in [0.2, 0.25) is 0 Å². The Hall–Kier alpha value is -1.10. The number of hydrogen-bond donors (Lipinski definition) is 2. The Kier molecular flexibility index (Phi) is 3.68. The molecule has 0 spiro atoms. The first-order valence-electron chi connectivity index (χ1n) is 5.29. The molecule has 0 aromatic carbocycles. The van der Waals surface area contributed by atoms with Crippen LogP contribution >= 0.6 is 0 Å². The van der Waals surface area contributed by atoms with Crippen LogP contribution in [-0.4, -0.2) is 41.9 Å². The van der Waals surface area contributed by atoms with E-state index >= 15 is 0 Å². The fraction of sp³-hybridized carbons (Fsp3) is 0.800. The van der Waals surface area contributed by atoms with Gasteiger partial charge in [0.2, 0.25) is 11.8 Å². The van der Waals surface area contributed by atoms with Crippen molar-refractivity contribution in [3.05, 3.63) is 0 Å². The van der Waals surface area contributed by atoms with E-state index < -0.39 is 6.04 Å². The summed E-state index contributed by atoms with van der Waals surface area (Å²) in [4.78, 5) is 25.0. The lowest BCUT2D eigenvalue weighted by molar-refractivity contribution is -0.145. The third-order valence-electron chi connectivity index (χ3n) is 2.56. The van der Waals surface area contributed by atoms with Gasteiger partial charge in [-0.1, -0.05) is 13.8 Å². The van der Waals surface area contributed by atoms with Crippen LogP contribution in [0.15, 0.2) is 0 Å². The van der Waals surface area contributed by atoms with E-state index in [-0.39, 0.29) is 23.8 Å². The molecule has 0 aliphatic carbocycles. The molecule has 15 heavy (non-hydrogen) atoms. The van der Waals surface area contributed by atoms with Gasteiger partial charge in [-0.25, -0.2) is 0 Å². The molecule has 3 N–H and O–H groups in total. The van der Waals surface area contributed by atoms with Crippen molar-refractivity contribution in [1.29, 1.82) is 0 Å². The Morgan fingerprint density at radius 2 is 2.13 bits per heavy atom. The summed E-state index contributed by atoms with van der Waals surface area (Å²) in [5.41, 5.74) is 5.55. The first-order valence-corrected chi connectivity index (χ1v) is 5.29. The summed E-state index contributed by atoms with van der Waals surface area (Å²) in [6.45, 7) is 6.57. The standard InChI is InChI=1S/C10H19N3O2/c1-6(2)8-9(14)12-4-5-13(8)10(15)7(3)11/h6-8H,4-5,11H2,1-3H3,(H,12,14)/t7-,8?/m1/s1. The molecule has 1 heterocycles. The lowest BCUT2D eigenvalue weighted by Crippen LogP contribution is -2.61. The molecule has 0 aromatic rings. The van der Waals surface area contributed by atoms with Gasteiger partial charge in [0.05, 0.1) is 6.04 Å². The van der Waals surface area contributed by atoms with Crippen molar-refractivity contribution < 1.29 is 9.59 Å². The van der Waals surface area contributed by atoms with Crippen LogP contribution in [0.3, 0.4) is 0 Å². The SMILES string of the molecule is CC(C)C1C(=O)NCCN1C(=O)[C@@H](C)N. The summed E-state index contributed by atoms with van der Waals surface area (Å²) in [5.74, 6) is -0.123. The molecule has 1 rings (SSSR count). The van der Waals surface area contributed by atoms with Gasteiger partial charge in [0.25, 0.3) is 0 Å². The molecule has 0 bridgehead atoms. The van der Waals surface area contributed by atoms with Crippen molar-refractivity contribution >= 4 is 11.8 Å². The van der Waals surface area contributed by atoms with Gasteiger partial charge >= 0.3 is 0 Å². The number of nitrogens with one attached hydrogen (secondary N) is 1. The predicted molar refractivity (Wildman–Crippen MR) is 57.0 cm³/mol. The predicted octanol–water partition coefficient (Wildman–Crippen LogP) is -0.683. The zero-order chi connectivity index (χ0) is 11.6. The number of carbonyl (C=O) groups excluding carboxylic acids is 2. The van der Waals surface area contributed by atoms with Gasteiger partial charge < -0.3 is 16.0 Å². The van der Waals surface area contributed by atoms with E-state index in [1.54, 1.807) is 11.8 Å². The lowest BCUT2D eigenvalue weighted by Gasteiger charge is -2.38. The van der Waals surface area contributed by atoms with E-state index in [0.717, 1.165) is 0 Å². The number of piperazine rings is 1. The summed E-state index contributed by atoms with van der Waals surface area (Å²) >= 11 is 0. The topological polar surface area (TPSA) is 75.4 Å². The number of nitrogens with zero attached hydrogens (tertiary/aromatic N) is 1. The summed E-state index contributed by atoms with van der Waals surface area (Å²) in [6, 6.07) is -0.922. The highest BCUT2D eigenvalue weighted by Crippen LogP contribution is 2.14. The van der Waals surface area contributed by atoms with E-state index in [9.17, 15) is 9.59 Å². The maximum Gasteiger partial charge on any atom is 0.243 e. The quantitative estimate of drug-likeness (QED) is 0.638. The molecule has 0 aromatic heterocycles. The Morgan fingerprint density at radius 1 is 1.53 bits per heavy atom. The second-order valence-corrected chi connectivity index (χ2v) is 4.30. The summed E-state index contributed by atoms with van der Waals surface area (Å²) < 4.78 is 0. The molecule has 1 aliphatic heterocycles. The third kappa shape index (κ3) is 2.47. The first-order chi connectivity index (χ1) is 6.95. The van der Waals surface area contributed by atoms with Crippen LogP contribution in [-0.2, 0) is 9.59 Å². The minimum absolute atomic E-state index is 0.0785. The molecular weight excluding hydrogens is 194 g/mol. The van der Waals surface area contributed by atoms with E-state index in [4.69, 9.17) is 5.73 Å². The normalized spacial score (nSPS) is 23.9. The molecule has 86 valence electrons. The number of amides is 2. The van der Waals surface area contributed by atoms with E-state index in [2.05, 4.69) is 5.32 Å². The van der Waals surface area contributed by atoms with Gasteiger partial charge in [-0.15, -0.1) is 0 Å². The largest absolute Gasteiger partial charge is 0.353 e. The Balaban J connectivity index is 2.84. The van der Waals surface area contributed by atoms with Crippen molar-refractivity contribution in [2.24, 2.45) is 11.7 Å². The van der Waals surface area contributed by atoms with Crippen LogP contribution in [0.25, 0.3) is 0 Å². The van der Waals surface area contributed by atoms with Crippen LogP contribution in [0, 0.1) is 5.92 Å². The minimum Gasteiger partial charge on any atom is -0.353 e. The van der Waals surface area contributed by atoms with Crippen molar-refractivity contribution in [1.82, 2.24) is 10.2 Å². The molecular formula is C10H19N3O2. The molecule has 1 aliphatic rings. The number of hydrogen-bond acceptors (Lipinski definition) is 3. The van der Waals surface area contributed by atoms with Crippen molar-refractivity contribution in [2.45, 2.75) is 32.9 Å². The monoisotopic (exact) mass is 213 g/mol. The van der Waals surface area contributed by atoms with E-state index in [0.29, 0.717) is 13.1 Å². The Bertz CT molecular complexity index is 263. The molecule has 1 saturated heterocycles. The third-order valence-corrected chi connectivity index (χ3v) is 2.56. The van der Waals surface area contributed by atoms with Crippen molar-refractivity contribution in [3.8, 4) is 0 Å². The molecule has 2 amide bonds. The molecule has 1 unspecified atom stereocenters. The highest BCUT2D eigenvalue weighted by molar-refractivity contribution is 5.90. The molecule has 5 nitrogen and oxygen atoms in total. The fourth-order valence-corrected chi connectivity index (χ4v) is 1.86. The van der Waals surface area contributed by atoms with Gasteiger partial charge in [-0.3, -0.25) is 9.59 Å². The van der Waals surface area contributed by atoms with Crippen molar-refractivity contribution in [3.63, 3.8) is 0 Å². The smallest absolute Gasteiger partial charge is 0.243 e. The zero-order valence-corrected chi connectivity index (χ0v) is 9.49. The zero-order valence-electron chi connectivity index (χ0n) is 9.49. The van der Waals surface area contributed by atoms with Gasteiger partial charge in [0.15, 0.2) is 0 Å². The number of rotatable bonds is 2. The van der Waals surface area contributed by atoms with Gasteiger partial charge in [0, 0.05) is 13.1 Å². The van der Waals surface area contributed by atoms with Gasteiger partial charge in [-0.2, -0.15) is 0 Å². The molecule has 1 fully saturated rings. The van der Waals surface area contributed by atoms with Gasteiger partial charge in [-0.05, 0) is 12.8 Å². The lowest BCUT2D eigenvalue weighted by atomic mass is 9.99. The highest BCUT2D eigenvalue weighted by Gasteiger charge is 2.35. The van der Waals surface area contributed by atoms with Crippen molar-refractivity contribution in [2.75, 3.05) is 13.1 Å². The van der Waals surface area contributed by atoms with Gasteiger partial charge in [0.1, 0.15) is 6.04 Å². The van der Waals surface area contributed by atoms with E-state index in [1.165, 1.54) is 0 Å². The summed E-state index contributed by atoms with van der Waals surface area (Å²) in [5, 5.41) is 2.76. The Morgan fingerprint density at radius 3 is 2.60 bits per heavy atom. The average molecular weight is 213 g/mol. The number of nitrogens with two attached hydrogens (primary N) is 1. The molecule has 2 atom stereocenters. The first kappa shape index (κ1) is 12.0. The summed E-state index contributed by atoms with van der Waals surface area (Å²) in [6.07, 6.45) is 0. The molecule has 0 radical (unpaired) electrons. The number of carbonyl (C=O) groups is 2. The second kappa shape index (κ2) is 4.61. The van der Waals surface area contributed by atoms with E-state index in [1.807, 2.05) is 13.8 Å². The molecule has 5 heteroatoms. The van der Waals surface area contributed by atoms with Crippen LogP contribution < -0.4 is 11.1 Å². The van der Waals surface area contributed by atoms with Crippen LogP contribution in [0.4, 0.5) is 0 Å². The highest BCUT2D eigenvalue weighted by atomic mass is 16.2. The van der Waals surface area contributed by atoms with Crippen LogP contribution in [0.5, 0.6) is 0 Å².